The highest BCUT2D eigenvalue weighted by atomic mass is 35.5. The Morgan fingerprint density at radius 1 is 1.32 bits per heavy atom. The van der Waals surface area contributed by atoms with E-state index in [1.54, 1.807) is 29.0 Å². The molecule has 1 atom stereocenters. The number of nitrogens with zero attached hydrogens (tertiary/aromatic N) is 4. The standard InChI is InChI=1S/C18H20ClN5O3S/c1-23-10-11(9-20-23)17(25)21-12-4-6-24(7-5-12)18(26)14-8-13(22-27-14)15-2-3-16(19)28-15/h2-3,9-10,12,14H,4-8H2,1H3,(H,21,25). The van der Waals surface area contributed by atoms with Crippen LogP contribution in [0.4, 0.5) is 0 Å². The first kappa shape index (κ1) is 18.9. The smallest absolute Gasteiger partial charge is 0.266 e. The number of nitrogens with one attached hydrogen (secondary N) is 1. The van der Waals surface area contributed by atoms with Crippen molar-refractivity contribution in [2.75, 3.05) is 13.1 Å². The second-order valence-corrected chi connectivity index (χ2v) is 8.63. The van der Waals surface area contributed by atoms with E-state index in [-0.39, 0.29) is 17.9 Å². The van der Waals surface area contributed by atoms with E-state index >= 15 is 0 Å². The summed E-state index contributed by atoms with van der Waals surface area (Å²) in [6.07, 6.45) is 4.51. The number of amides is 2. The molecule has 1 saturated heterocycles. The molecule has 10 heteroatoms. The number of thiophene rings is 1. The highest BCUT2D eigenvalue weighted by molar-refractivity contribution is 7.18. The summed E-state index contributed by atoms with van der Waals surface area (Å²) >= 11 is 7.39. The zero-order chi connectivity index (χ0) is 19.7. The predicted octanol–water partition coefficient (Wildman–Crippen LogP) is 2.05. The van der Waals surface area contributed by atoms with E-state index in [2.05, 4.69) is 15.6 Å². The fourth-order valence-electron chi connectivity index (χ4n) is 3.38. The van der Waals surface area contributed by atoms with Crippen LogP contribution in [0, 0.1) is 0 Å². The van der Waals surface area contributed by atoms with Crippen LogP contribution >= 0.6 is 22.9 Å². The van der Waals surface area contributed by atoms with Gasteiger partial charge >= 0.3 is 0 Å². The summed E-state index contributed by atoms with van der Waals surface area (Å²) in [4.78, 5) is 33.1. The molecule has 148 valence electrons. The summed E-state index contributed by atoms with van der Waals surface area (Å²) < 4.78 is 2.28. The van der Waals surface area contributed by atoms with Gasteiger partial charge in [-0.15, -0.1) is 11.3 Å². The van der Waals surface area contributed by atoms with Crippen molar-refractivity contribution in [3.05, 3.63) is 39.3 Å². The van der Waals surface area contributed by atoms with E-state index in [0.29, 0.717) is 42.3 Å². The van der Waals surface area contributed by atoms with Gasteiger partial charge < -0.3 is 15.1 Å². The molecule has 0 aromatic carbocycles. The van der Waals surface area contributed by atoms with Crippen molar-refractivity contribution in [2.45, 2.75) is 31.4 Å². The van der Waals surface area contributed by atoms with Crippen LogP contribution in [0.2, 0.25) is 4.34 Å². The molecule has 0 spiro atoms. The number of halogens is 1. The number of hydrogen-bond acceptors (Lipinski definition) is 6. The fourth-order valence-corrected chi connectivity index (χ4v) is 4.41. The molecule has 1 unspecified atom stereocenters. The van der Waals surface area contributed by atoms with E-state index < -0.39 is 6.10 Å². The van der Waals surface area contributed by atoms with Crippen LogP contribution in [0.5, 0.6) is 0 Å². The van der Waals surface area contributed by atoms with Crippen molar-refractivity contribution in [1.29, 1.82) is 0 Å². The van der Waals surface area contributed by atoms with Crippen molar-refractivity contribution in [3.63, 3.8) is 0 Å². The summed E-state index contributed by atoms with van der Waals surface area (Å²) in [5.41, 5.74) is 1.30. The zero-order valence-electron chi connectivity index (χ0n) is 15.3. The van der Waals surface area contributed by atoms with Crippen LogP contribution in [0.15, 0.2) is 29.7 Å². The molecular weight excluding hydrogens is 402 g/mol. The molecule has 4 heterocycles. The van der Waals surface area contributed by atoms with Crippen molar-refractivity contribution in [3.8, 4) is 0 Å². The molecule has 4 rings (SSSR count). The minimum Gasteiger partial charge on any atom is -0.382 e. The third kappa shape index (κ3) is 4.05. The highest BCUT2D eigenvalue weighted by Crippen LogP contribution is 2.27. The molecule has 1 N–H and O–H groups in total. The maximum absolute atomic E-state index is 12.7. The van der Waals surface area contributed by atoms with Crippen molar-refractivity contribution in [1.82, 2.24) is 20.0 Å². The molecule has 0 saturated carbocycles. The van der Waals surface area contributed by atoms with Gasteiger partial charge in [0.25, 0.3) is 11.8 Å². The van der Waals surface area contributed by atoms with Crippen molar-refractivity contribution < 1.29 is 14.4 Å². The molecule has 0 radical (unpaired) electrons. The van der Waals surface area contributed by atoms with E-state index in [4.69, 9.17) is 16.4 Å². The molecule has 2 aliphatic rings. The number of carbonyl (C=O) groups is 2. The lowest BCUT2D eigenvalue weighted by atomic mass is 10.0. The first-order valence-electron chi connectivity index (χ1n) is 9.06. The van der Waals surface area contributed by atoms with Gasteiger partial charge in [0.15, 0.2) is 0 Å². The summed E-state index contributed by atoms with van der Waals surface area (Å²) in [6.45, 7) is 1.16. The van der Waals surface area contributed by atoms with E-state index in [0.717, 1.165) is 10.6 Å². The Morgan fingerprint density at radius 2 is 2.11 bits per heavy atom. The lowest BCUT2D eigenvalue weighted by molar-refractivity contribution is -0.143. The molecule has 2 aromatic rings. The SMILES string of the molecule is Cn1cc(C(=O)NC2CCN(C(=O)C3CC(c4ccc(Cl)s4)=NO3)CC2)cn1. The number of aromatic nitrogens is 2. The van der Waals surface area contributed by atoms with Crippen LogP contribution in [0.25, 0.3) is 0 Å². The van der Waals surface area contributed by atoms with E-state index in [1.165, 1.54) is 11.3 Å². The van der Waals surface area contributed by atoms with Crippen LogP contribution in [0.3, 0.4) is 0 Å². The maximum atomic E-state index is 12.7. The number of piperidine rings is 1. The number of carbonyl (C=O) groups excluding carboxylic acids is 2. The summed E-state index contributed by atoms with van der Waals surface area (Å²) in [5, 5.41) is 11.1. The Labute approximate surface area is 171 Å². The third-order valence-corrected chi connectivity index (χ3v) is 6.19. The summed E-state index contributed by atoms with van der Waals surface area (Å²) in [6, 6.07) is 3.74. The maximum Gasteiger partial charge on any atom is 0.266 e. The number of rotatable bonds is 4. The Morgan fingerprint density at radius 3 is 2.75 bits per heavy atom. The first-order chi connectivity index (χ1) is 13.5. The quantitative estimate of drug-likeness (QED) is 0.818. The topological polar surface area (TPSA) is 88.8 Å². The fraction of sp³-hybridized carbons (Fsp3) is 0.444. The van der Waals surface area contributed by atoms with Gasteiger partial charge in [0.1, 0.15) is 5.71 Å². The van der Waals surface area contributed by atoms with Crippen molar-refractivity contribution >= 4 is 40.5 Å². The lowest BCUT2D eigenvalue weighted by Crippen LogP contribution is -2.49. The second kappa shape index (κ2) is 7.92. The molecule has 1 fully saturated rings. The number of aryl methyl sites for hydroxylation is 1. The van der Waals surface area contributed by atoms with Crippen LogP contribution in [-0.4, -0.2) is 57.4 Å². The molecular formula is C18H20ClN5O3S. The van der Waals surface area contributed by atoms with Gasteiger partial charge in [-0.2, -0.15) is 5.10 Å². The van der Waals surface area contributed by atoms with Gasteiger partial charge in [-0.3, -0.25) is 14.3 Å². The number of hydrogen-bond donors (Lipinski definition) is 1. The van der Waals surface area contributed by atoms with Crippen LogP contribution < -0.4 is 5.32 Å². The van der Waals surface area contributed by atoms with Crippen LogP contribution in [0.1, 0.15) is 34.5 Å². The van der Waals surface area contributed by atoms with Crippen LogP contribution in [-0.2, 0) is 16.7 Å². The molecule has 8 nitrogen and oxygen atoms in total. The molecule has 2 aromatic heterocycles. The van der Waals surface area contributed by atoms with Gasteiger partial charge in [0.2, 0.25) is 6.10 Å². The first-order valence-corrected chi connectivity index (χ1v) is 10.3. The summed E-state index contributed by atoms with van der Waals surface area (Å²) in [5.74, 6) is -0.192. The van der Waals surface area contributed by atoms with Gasteiger partial charge in [-0.05, 0) is 25.0 Å². The van der Waals surface area contributed by atoms with Gasteiger partial charge in [-0.25, -0.2) is 0 Å². The lowest BCUT2D eigenvalue weighted by Gasteiger charge is -2.33. The Hall–Kier alpha value is -2.39. The Balaban J connectivity index is 1.26. The minimum atomic E-state index is -0.586. The van der Waals surface area contributed by atoms with Crippen molar-refractivity contribution in [2.24, 2.45) is 12.2 Å². The monoisotopic (exact) mass is 421 g/mol. The Kier molecular flexibility index (Phi) is 5.36. The molecule has 28 heavy (non-hydrogen) atoms. The van der Waals surface area contributed by atoms with E-state index in [9.17, 15) is 9.59 Å². The predicted molar refractivity (Wildman–Crippen MR) is 106 cm³/mol. The Bertz CT molecular complexity index is 916. The second-order valence-electron chi connectivity index (χ2n) is 6.92. The summed E-state index contributed by atoms with van der Waals surface area (Å²) in [7, 11) is 1.77. The molecule has 2 aliphatic heterocycles. The minimum absolute atomic E-state index is 0.0429. The number of likely N-dealkylation sites (tertiary alicyclic amines) is 1. The molecule has 0 bridgehead atoms. The van der Waals surface area contributed by atoms with Gasteiger partial charge in [0, 0.05) is 38.8 Å². The normalized spacial score (nSPS) is 20.0. The number of oxime groups is 1. The highest BCUT2D eigenvalue weighted by Gasteiger charge is 2.34. The average Bonchev–Trinajstić information content (AvgIpc) is 3.42. The van der Waals surface area contributed by atoms with E-state index in [1.807, 2.05) is 12.1 Å². The molecule has 2 amide bonds. The average molecular weight is 422 g/mol. The van der Waals surface area contributed by atoms with Gasteiger partial charge in [0.05, 0.1) is 21.0 Å². The molecule has 0 aliphatic carbocycles. The largest absolute Gasteiger partial charge is 0.382 e. The van der Waals surface area contributed by atoms with Gasteiger partial charge in [-0.1, -0.05) is 16.8 Å². The zero-order valence-corrected chi connectivity index (χ0v) is 16.9. The third-order valence-electron chi connectivity index (χ3n) is 4.91.